The second kappa shape index (κ2) is 4.44. The van der Waals surface area contributed by atoms with E-state index in [4.69, 9.17) is 0 Å². The van der Waals surface area contributed by atoms with Gasteiger partial charge in [-0.05, 0) is 32.2 Å². The molecule has 2 aliphatic rings. The number of rotatable bonds is 1. The van der Waals surface area contributed by atoms with E-state index in [2.05, 4.69) is 31.2 Å². The average molecular weight is 220 g/mol. The molecule has 0 aromatic rings. The van der Waals surface area contributed by atoms with E-state index in [9.17, 15) is 5.21 Å². The lowest BCUT2D eigenvalue weighted by Gasteiger charge is -2.35. The van der Waals surface area contributed by atoms with E-state index in [1.165, 1.54) is 5.57 Å². The predicted octanol–water partition coefficient (Wildman–Crippen LogP) is 2.38. The van der Waals surface area contributed by atoms with Crippen LogP contribution in [-0.4, -0.2) is 35.3 Å². The third-order valence-electron chi connectivity index (χ3n) is 3.53. The maximum atomic E-state index is 9.61. The van der Waals surface area contributed by atoms with Gasteiger partial charge in [-0.2, -0.15) is 0 Å². The summed E-state index contributed by atoms with van der Waals surface area (Å²) in [4.78, 5) is 2.31. The minimum atomic E-state index is 0.497. The third kappa shape index (κ3) is 2.20. The van der Waals surface area contributed by atoms with Crippen molar-refractivity contribution in [3.63, 3.8) is 0 Å². The SMILES string of the molecule is C=C1CC(C2=CCN(C)CC2)CC(=C)N1O. The highest BCUT2D eigenvalue weighted by Crippen LogP contribution is 2.36. The molecular weight excluding hydrogens is 200 g/mol. The zero-order valence-corrected chi connectivity index (χ0v) is 9.95. The van der Waals surface area contributed by atoms with Crippen LogP contribution in [0.5, 0.6) is 0 Å². The van der Waals surface area contributed by atoms with E-state index >= 15 is 0 Å². The van der Waals surface area contributed by atoms with Crippen molar-refractivity contribution in [1.29, 1.82) is 0 Å². The molecule has 0 aliphatic carbocycles. The maximum absolute atomic E-state index is 9.61. The summed E-state index contributed by atoms with van der Waals surface area (Å²) in [6.45, 7) is 9.93. The smallest absolute Gasteiger partial charge is 0.0397 e. The van der Waals surface area contributed by atoms with Crippen molar-refractivity contribution in [2.45, 2.75) is 19.3 Å². The van der Waals surface area contributed by atoms with Gasteiger partial charge in [0, 0.05) is 24.5 Å². The van der Waals surface area contributed by atoms with Gasteiger partial charge in [0.1, 0.15) is 0 Å². The molecule has 1 N–H and O–H groups in total. The van der Waals surface area contributed by atoms with Crippen molar-refractivity contribution in [2.75, 3.05) is 20.1 Å². The second-order valence-electron chi connectivity index (χ2n) is 4.84. The first kappa shape index (κ1) is 11.4. The third-order valence-corrected chi connectivity index (χ3v) is 3.53. The Labute approximate surface area is 97.3 Å². The van der Waals surface area contributed by atoms with E-state index in [1.54, 1.807) is 0 Å². The molecular formula is C13H20N2O. The van der Waals surface area contributed by atoms with Gasteiger partial charge in [0.05, 0.1) is 0 Å². The summed E-state index contributed by atoms with van der Waals surface area (Å²) in [7, 11) is 2.14. The Bertz CT molecular complexity index is 328. The Morgan fingerprint density at radius 1 is 1.31 bits per heavy atom. The molecule has 0 atom stereocenters. The fourth-order valence-electron chi connectivity index (χ4n) is 2.46. The molecule has 0 bridgehead atoms. The van der Waals surface area contributed by atoms with E-state index in [0.717, 1.165) is 48.8 Å². The van der Waals surface area contributed by atoms with Crippen molar-refractivity contribution < 1.29 is 5.21 Å². The van der Waals surface area contributed by atoms with Gasteiger partial charge < -0.3 is 4.90 Å². The molecule has 3 nitrogen and oxygen atoms in total. The Morgan fingerprint density at radius 3 is 2.44 bits per heavy atom. The molecule has 3 heteroatoms. The molecule has 16 heavy (non-hydrogen) atoms. The van der Waals surface area contributed by atoms with Crippen LogP contribution in [0.4, 0.5) is 0 Å². The lowest BCUT2D eigenvalue weighted by Crippen LogP contribution is -2.30. The number of hydroxylamine groups is 2. The minimum absolute atomic E-state index is 0.497. The topological polar surface area (TPSA) is 26.7 Å². The molecule has 0 amide bonds. The highest BCUT2D eigenvalue weighted by molar-refractivity contribution is 5.21. The first-order valence-corrected chi connectivity index (χ1v) is 5.80. The summed E-state index contributed by atoms with van der Waals surface area (Å²) in [5.74, 6) is 0.497. The highest BCUT2D eigenvalue weighted by Gasteiger charge is 2.27. The monoisotopic (exact) mass is 220 g/mol. The van der Waals surface area contributed by atoms with E-state index in [-0.39, 0.29) is 0 Å². The zero-order chi connectivity index (χ0) is 11.7. The predicted molar refractivity (Wildman–Crippen MR) is 64.8 cm³/mol. The van der Waals surface area contributed by atoms with Crippen LogP contribution in [0.15, 0.2) is 36.2 Å². The summed E-state index contributed by atoms with van der Waals surface area (Å²) in [5, 5.41) is 10.8. The summed E-state index contributed by atoms with van der Waals surface area (Å²) in [6.07, 6.45) is 5.16. The van der Waals surface area contributed by atoms with Gasteiger partial charge in [-0.15, -0.1) is 0 Å². The van der Waals surface area contributed by atoms with Crippen LogP contribution in [0.1, 0.15) is 19.3 Å². The van der Waals surface area contributed by atoms with Crippen molar-refractivity contribution >= 4 is 0 Å². The molecule has 0 saturated carbocycles. The fourth-order valence-corrected chi connectivity index (χ4v) is 2.46. The Hall–Kier alpha value is -1.06. The quantitative estimate of drug-likeness (QED) is 0.687. The number of likely N-dealkylation sites (N-methyl/N-ethyl adjacent to an activating group) is 1. The van der Waals surface area contributed by atoms with E-state index in [1.807, 2.05) is 0 Å². The Morgan fingerprint density at radius 2 is 1.94 bits per heavy atom. The largest absolute Gasteiger partial charge is 0.302 e. The molecule has 0 aromatic heterocycles. The van der Waals surface area contributed by atoms with Gasteiger partial charge in [0.25, 0.3) is 0 Å². The number of piperidine rings is 1. The fraction of sp³-hybridized carbons (Fsp3) is 0.538. The summed E-state index contributed by atoms with van der Waals surface area (Å²) < 4.78 is 0. The average Bonchev–Trinajstić information content (AvgIpc) is 2.26. The Kier molecular flexibility index (Phi) is 3.17. The number of hydrogen-bond donors (Lipinski definition) is 1. The van der Waals surface area contributed by atoms with Crippen molar-refractivity contribution in [3.05, 3.63) is 36.2 Å². The molecule has 0 aromatic carbocycles. The summed E-state index contributed by atoms with van der Waals surface area (Å²) in [5.41, 5.74) is 3.04. The first-order valence-electron chi connectivity index (χ1n) is 5.80. The van der Waals surface area contributed by atoms with Crippen molar-refractivity contribution in [3.8, 4) is 0 Å². The van der Waals surface area contributed by atoms with Crippen LogP contribution >= 0.6 is 0 Å². The molecule has 2 aliphatic heterocycles. The van der Waals surface area contributed by atoms with Crippen molar-refractivity contribution in [2.24, 2.45) is 5.92 Å². The molecule has 0 radical (unpaired) electrons. The molecule has 2 heterocycles. The highest BCUT2D eigenvalue weighted by atomic mass is 16.5. The minimum Gasteiger partial charge on any atom is -0.302 e. The standard InChI is InChI=1S/C13H20N2O/c1-10-8-13(9-11(2)15(10)16)12-4-6-14(3)7-5-12/h4,13,16H,1-2,5-9H2,3H3. The number of hydrogen-bond acceptors (Lipinski definition) is 3. The molecule has 0 spiro atoms. The van der Waals surface area contributed by atoms with Crippen molar-refractivity contribution in [1.82, 2.24) is 9.96 Å². The molecule has 88 valence electrons. The van der Waals surface area contributed by atoms with Gasteiger partial charge in [-0.3, -0.25) is 5.21 Å². The van der Waals surface area contributed by atoms with Gasteiger partial charge in [-0.1, -0.05) is 24.8 Å². The molecule has 2 rings (SSSR count). The summed E-state index contributed by atoms with van der Waals surface area (Å²) in [6, 6.07) is 0. The summed E-state index contributed by atoms with van der Waals surface area (Å²) >= 11 is 0. The first-order chi connectivity index (χ1) is 7.58. The second-order valence-corrected chi connectivity index (χ2v) is 4.84. The lowest BCUT2D eigenvalue weighted by atomic mass is 9.84. The van der Waals surface area contributed by atoms with Gasteiger partial charge in [-0.25, -0.2) is 5.06 Å². The molecule has 1 fully saturated rings. The van der Waals surface area contributed by atoms with Crippen LogP contribution < -0.4 is 0 Å². The zero-order valence-electron chi connectivity index (χ0n) is 9.95. The number of nitrogens with zero attached hydrogens (tertiary/aromatic N) is 2. The van der Waals surface area contributed by atoms with E-state index < -0.39 is 0 Å². The van der Waals surface area contributed by atoms with Gasteiger partial charge >= 0.3 is 0 Å². The van der Waals surface area contributed by atoms with Crippen LogP contribution in [0, 0.1) is 5.92 Å². The van der Waals surface area contributed by atoms with E-state index in [0.29, 0.717) is 5.92 Å². The normalized spacial score (nSPS) is 24.9. The number of allylic oxidation sites excluding steroid dienone is 2. The van der Waals surface area contributed by atoms with Crippen LogP contribution in [0.25, 0.3) is 0 Å². The van der Waals surface area contributed by atoms with Crippen LogP contribution in [-0.2, 0) is 0 Å². The van der Waals surface area contributed by atoms with Gasteiger partial charge in [0.15, 0.2) is 0 Å². The molecule has 1 saturated heterocycles. The van der Waals surface area contributed by atoms with Gasteiger partial charge in [0.2, 0.25) is 0 Å². The lowest BCUT2D eigenvalue weighted by molar-refractivity contribution is -0.0379. The Balaban J connectivity index is 2.06. The van der Waals surface area contributed by atoms with Crippen LogP contribution in [0.2, 0.25) is 0 Å². The molecule has 0 unspecified atom stereocenters. The van der Waals surface area contributed by atoms with Crippen LogP contribution in [0.3, 0.4) is 0 Å². The maximum Gasteiger partial charge on any atom is 0.0397 e.